The molecule has 0 bridgehead atoms. The molecular formula is C12H10ClFN2O. The molecule has 1 amide bonds. The third-order valence-electron chi connectivity index (χ3n) is 2.03. The van der Waals surface area contributed by atoms with Gasteiger partial charge in [0.05, 0.1) is 5.56 Å². The number of nitrogens with one attached hydrogen (secondary N) is 1. The fourth-order valence-corrected chi connectivity index (χ4v) is 1.23. The average Bonchev–Trinajstić information content (AvgIpc) is 2.33. The van der Waals surface area contributed by atoms with E-state index in [-0.39, 0.29) is 24.1 Å². The molecular weight excluding hydrogens is 243 g/mol. The molecule has 2 rings (SSSR count). The first-order chi connectivity index (χ1) is 7.75. The zero-order chi connectivity index (χ0) is 11.4. The highest BCUT2D eigenvalue weighted by Gasteiger charge is 2.04. The first-order valence-electron chi connectivity index (χ1n) is 4.72. The summed E-state index contributed by atoms with van der Waals surface area (Å²) in [5.74, 6) is -0.598. The van der Waals surface area contributed by atoms with Gasteiger partial charge in [-0.25, -0.2) is 4.39 Å². The van der Waals surface area contributed by atoms with E-state index in [4.69, 9.17) is 0 Å². The van der Waals surface area contributed by atoms with E-state index in [9.17, 15) is 9.18 Å². The van der Waals surface area contributed by atoms with Gasteiger partial charge in [-0.1, -0.05) is 0 Å². The lowest BCUT2D eigenvalue weighted by Crippen LogP contribution is -2.11. The van der Waals surface area contributed by atoms with Crippen LogP contribution < -0.4 is 5.32 Å². The van der Waals surface area contributed by atoms with Crippen LogP contribution in [0.4, 0.5) is 10.1 Å². The number of aromatic nitrogens is 1. The van der Waals surface area contributed by atoms with Gasteiger partial charge < -0.3 is 5.32 Å². The molecule has 17 heavy (non-hydrogen) atoms. The Morgan fingerprint density at radius 3 is 2.47 bits per heavy atom. The molecule has 1 N–H and O–H groups in total. The second kappa shape index (κ2) is 5.96. The van der Waals surface area contributed by atoms with Gasteiger partial charge >= 0.3 is 0 Å². The van der Waals surface area contributed by atoms with Crippen LogP contribution in [0.2, 0.25) is 0 Å². The Kier molecular flexibility index (Phi) is 4.60. The summed E-state index contributed by atoms with van der Waals surface area (Å²) in [5.41, 5.74) is 1.02. The van der Waals surface area contributed by atoms with E-state index in [1.807, 2.05) is 0 Å². The number of rotatable bonds is 2. The van der Waals surface area contributed by atoms with Gasteiger partial charge in [0.1, 0.15) is 5.82 Å². The van der Waals surface area contributed by atoms with Crippen molar-refractivity contribution in [1.82, 2.24) is 4.98 Å². The SMILES string of the molecule is Cl.O=C(Nc1ccc(F)cc1)c1cccnc1. The van der Waals surface area contributed by atoms with E-state index in [1.54, 1.807) is 18.3 Å². The molecule has 0 spiro atoms. The van der Waals surface area contributed by atoms with Crippen LogP contribution in [-0.2, 0) is 0 Å². The zero-order valence-electron chi connectivity index (χ0n) is 8.76. The van der Waals surface area contributed by atoms with E-state index in [0.717, 1.165) is 0 Å². The number of anilines is 1. The maximum Gasteiger partial charge on any atom is 0.257 e. The molecule has 0 aliphatic heterocycles. The lowest BCUT2D eigenvalue weighted by molar-refractivity contribution is 0.102. The van der Waals surface area contributed by atoms with Crippen LogP contribution in [0.5, 0.6) is 0 Å². The standard InChI is InChI=1S/C12H9FN2O.ClH/c13-10-3-5-11(6-4-10)15-12(16)9-2-1-7-14-8-9;/h1-8H,(H,15,16);1H. The van der Waals surface area contributed by atoms with Crippen LogP contribution in [0.3, 0.4) is 0 Å². The maximum atomic E-state index is 12.6. The highest BCUT2D eigenvalue weighted by atomic mass is 35.5. The predicted molar refractivity (Wildman–Crippen MR) is 65.8 cm³/mol. The minimum absolute atomic E-state index is 0. The minimum Gasteiger partial charge on any atom is -0.322 e. The summed E-state index contributed by atoms with van der Waals surface area (Å²) in [5, 5.41) is 2.64. The van der Waals surface area contributed by atoms with Crippen molar-refractivity contribution in [3.8, 4) is 0 Å². The van der Waals surface area contributed by atoms with Crippen LogP contribution in [0.1, 0.15) is 10.4 Å². The van der Waals surface area contributed by atoms with E-state index in [0.29, 0.717) is 11.3 Å². The lowest BCUT2D eigenvalue weighted by atomic mass is 10.2. The Balaban J connectivity index is 0.00000144. The van der Waals surface area contributed by atoms with Crippen LogP contribution >= 0.6 is 12.4 Å². The average molecular weight is 253 g/mol. The van der Waals surface area contributed by atoms with E-state index in [2.05, 4.69) is 10.3 Å². The van der Waals surface area contributed by atoms with E-state index in [1.165, 1.54) is 30.5 Å². The van der Waals surface area contributed by atoms with Gasteiger partial charge in [-0.05, 0) is 36.4 Å². The topological polar surface area (TPSA) is 42.0 Å². The van der Waals surface area contributed by atoms with Crippen molar-refractivity contribution in [2.45, 2.75) is 0 Å². The molecule has 88 valence electrons. The van der Waals surface area contributed by atoms with Crippen LogP contribution in [0.15, 0.2) is 48.8 Å². The third kappa shape index (κ3) is 3.53. The van der Waals surface area contributed by atoms with Crippen molar-refractivity contribution >= 4 is 24.0 Å². The van der Waals surface area contributed by atoms with Gasteiger partial charge in [-0.2, -0.15) is 0 Å². The lowest BCUT2D eigenvalue weighted by Gasteiger charge is -2.04. The molecule has 0 atom stereocenters. The summed E-state index contributed by atoms with van der Waals surface area (Å²) < 4.78 is 12.6. The maximum absolute atomic E-state index is 12.6. The number of nitrogens with zero attached hydrogens (tertiary/aromatic N) is 1. The quantitative estimate of drug-likeness (QED) is 0.893. The zero-order valence-corrected chi connectivity index (χ0v) is 9.58. The number of benzene rings is 1. The normalized spacial score (nSPS) is 9.24. The highest BCUT2D eigenvalue weighted by Crippen LogP contribution is 2.09. The van der Waals surface area contributed by atoms with Crippen molar-refractivity contribution < 1.29 is 9.18 Å². The van der Waals surface area contributed by atoms with E-state index >= 15 is 0 Å². The van der Waals surface area contributed by atoms with Gasteiger partial charge in [0.25, 0.3) is 5.91 Å². The molecule has 5 heteroatoms. The van der Waals surface area contributed by atoms with Crippen molar-refractivity contribution in [1.29, 1.82) is 0 Å². The van der Waals surface area contributed by atoms with Crippen LogP contribution in [-0.4, -0.2) is 10.9 Å². The van der Waals surface area contributed by atoms with Gasteiger partial charge in [0.2, 0.25) is 0 Å². The molecule has 0 saturated heterocycles. The number of hydrogen-bond acceptors (Lipinski definition) is 2. The number of hydrogen-bond donors (Lipinski definition) is 1. The number of carbonyl (C=O) groups excluding carboxylic acids is 1. The smallest absolute Gasteiger partial charge is 0.257 e. The van der Waals surface area contributed by atoms with Gasteiger partial charge in [0, 0.05) is 18.1 Å². The molecule has 0 aliphatic carbocycles. The fourth-order valence-electron chi connectivity index (χ4n) is 1.23. The van der Waals surface area contributed by atoms with Crippen molar-refractivity contribution in [3.05, 3.63) is 60.2 Å². The van der Waals surface area contributed by atoms with Crippen LogP contribution in [0.25, 0.3) is 0 Å². The Bertz CT molecular complexity index is 488. The van der Waals surface area contributed by atoms with E-state index < -0.39 is 0 Å². The summed E-state index contributed by atoms with van der Waals surface area (Å²) in [6.07, 6.45) is 3.06. The molecule has 0 fully saturated rings. The van der Waals surface area contributed by atoms with Crippen molar-refractivity contribution in [2.24, 2.45) is 0 Å². The van der Waals surface area contributed by atoms with Gasteiger partial charge in [0.15, 0.2) is 0 Å². The van der Waals surface area contributed by atoms with Crippen molar-refractivity contribution in [2.75, 3.05) is 5.32 Å². The molecule has 0 saturated carbocycles. The predicted octanol–water partition coefficient (Wildman–Crippen LogP) is 2.89. The molecule has 3 nitrogen and oxygen atoms in total. The second-order valence-corrected chi connectivity index (χ2v) is 3.20. The number of pyridine rings is 1. The molecule has 0 unspecified atom stereocenters. The first-order valence-corrected chi connectivity index (χ1v) is 4.72. The number of carbonyl (C=O) groups is 1. The largest absolute Gasteiger partial charge is 0.322 e. The molecule has 1 aromatic heterocycles. The fraction of sp³-hybridized carbons (Fsp3) is 0. The Morgan fingerprint density at radius 2 is 1.88 bits per heavy atom. The van der Waals surface area contributed by atoms with Gasteiger partial charge in [-0.3, -0.25) is 9.78 Å². The highest BCUT2D eigenvalue weighted by molar-refractivity contribution is 6.03. The number of amides is 1. The molecule has 1 heterocycles. The van der Waals surface area contributed by atoms with Crippen molar-refractivity contribution in [3.63, 3.8) is 0 Å². The summed E-state index contributed by atoms with van der Waals surface area (Å²) >= 11 is 0. The summed E-state index contributed by atoms with van der Waals surface area (Å²) in [6.45, 7) is 0. The second-order valence-electron chi connectivity index (χ2n) is 3.20. The molecule has 0 radical (unpaired) electrons. The Hall–Kier alpha value is -1.94. The Morgan fingerprint density at radius 1 is 1.18 bits per heavy atom. The molecule has 0 aliphatic rings. The molecule has 1 aromatic carbocycles. The number of halogens is 2. The van der Waals surface area contributed by atoms with Gasteiger partial charge in [-0.15, -0.1) is 12.4 Å². The summed E-state index contributed by atoms with van der Waals surface area (Å²) in [6, 6.07) is 8.93. The Labute approximate surface area is 104 Å². The first kappa shape index (κ1) is 13.1. The molecule has 2 aromatic rings. The third-order valence-corrected chi connectivity index (χ3v) is 2.03. The summed E-state index contributed by atoms with van der Waals surface area (Å²) in [4.78, 5) is 15.5. The monoisotopic (exact) mass is 252 g/mol. The van der Waals surface area contributed by atoms with Crippen LogP contribution in [0, 0.1) is 5.82 Å². The minimum atomic E-state index is -0.334. The summed E-state index contributed by atoms with van der Waals surface area (Å²) in [7, 11) is 0.